The molecule has 0 radical (unpaired) electrons. The van der Waals surface area contributed by atoms with Crippen LogP contribution in [0.1, 0.15) is 5.56 Å². The lowest BCUT2D eigenvalue weighted by Gasteiger charge is -2.26. The summed E-state index contributed by atoms with van der Waals surface area (Å²) in [6.45, 7) is 1.66. The van der Waals surface area contributed by atoms with Gasteiger partial charge in [0.05, 0.1) is 19.8 Å². The Labute approximate surface area is 106 Å². The van der Waals surface area contributed by atoms with E-state index in [-0.39, 0.29) is 11.7 Å². The van der Waals surface area contributed by atoms with Crippen LogP contribution in [0.5, 0.6) is 0 Å². The van der Waals surface area contributed by atoms with Crippen LogP contribution in [0.2, 0.25) is 0 Å². The van der Waals surface area contributed by atoms with E-state index in [1.54, 1.807) is 6.07 Å². The van der Waals surface area contributed by atoms with Gasteiger partial charge < -0.3 is 9.57 Å². The van der Waals surface area contributed by atoms with Gasteiger partial charge in [-0.15, -0.1) is 0 Å². The molecule has 0 spiro atoms. The molecular formula is C11H11FINO2. The van der Waals surface area contributed by atoms with E-state index in [0.29, 0.717) is 25.4 Å². The number of rotatable bonds is 1. The Kier molecular flexibility index (Phi) is 2.66. The number of benzene rings is 1. The summed E-state index contributed by atoms with van der Waals surface area (Å²) < 4.78 is 20.4. The van der Waals surface area contributed by atoms with E-state index < -0.39 is 5.54 Å². The Hall–Kier alpha value is -0.240. The van der Waals surface area contributed by atoms with Gasteiger partial charge in [-0.1, -0.05) is 0 Å². The Morgan fingerprint density at radius 3 is 3.19 bits per heavy atom. The van der Waals surface area contributed by atoms with Gasteiger partial charge in [0.15, 0.2) is 0 Å². The fourth-order valence-corrected chi connectivity index (χ4v) is 2.88. The highest BCUT2D eigenvalue weighted by Gasteiger charge is 2.51. The molecule has 86 valence electrons. The largest absolute Gasteiger partial charge is 0.379 e. The number of ether oxygens (including phenoxy) is 1. The van der Waals surface area contributed by atoms with Gasteiger partial charge in [-0.25, -0.2) is 4.39 Å². The molecule has 0 amide bonds. The summed E-state index contributed by atoms with van der Waals surface area (Å²) in [6.07, 6.45) is 0. The van der Waals surface area contributed by atoms with Crippen molar-refractivity contribution in [2.75, 3.05) is 19.8 Å². The van der Waals surface area contributed by atoms with Crippen LogP contribution >= 0.6 is 22.6 Å². The second-order valence-electron chi connectivity index (χ2n) is 4.22. The molecule has 16 heavy (non-hydrogen) atoms. The van der Waals surface area contributed by atoms with Crippen molar-refractivity contribution < 1.29 is 14.0 Å². The number of hydrogen-bond acceptors (Lipinski definition) is 3. The summed E-state index contributed by atoms with van der Waals surface area (Å²) >= 11 is 2.18. The van der Waals surface area contributed by atoms with Crippen LogP contribution in [0.25, 0.3) is 0 Å². The van der Waals surface area contributed by atoms with Crippen molar-refractivity contribution >= 4 is 22.6 Å². The maximum Gasteiger partial charge on any atom is 0.128 e. The molecule has 2 saturated heterocycles. The van der Waals surface area contributed by atoms with Gasteiger partial charge in [0.25, 0.3) is 0 Å². The summed E-state index contributed by atoms with van der Waals surface area (Å²) in [7, 11) is 0. The first-order chi connectivity index (χ1) is 7.72. The molecule has 0 saturated carbocycles. The minimum atomic E-state index is -0.495. The molecular weight excluding hydrogens is 324 g/mol. The molecule has 1 aromatic carbocycles. The minimum absolute atomic E-state index is 0.195. The van der Waals surface area contributed by atoms with E-state index in [1.807, 2.05) is 6.07 Å². The Morgan fingerprint density at radius 1 is 1.44 bits per heavy atom. The zero-order chi connectivity index (χ0) is 11.2. The van der Waals surface area contributed by atoms with Gasteiger partial charge in [-0.3, -0.25) is 0 Å². The second-order valence-corrected chi connectivity index (χ2v) is 5.47. The molecule has 1 aromatic rings. The third kappa shape index (κ3) is 1.49. The van der Waals surface area contributed by atoms with E-state index in [0.717, 1.165) is 3.57 Å². The average Bonchev–Trinajstić information content (AvgIpc) is 2.80. The Balaban J connectivity index is 2.11. The van der Waals surface area contributed by atoms with Crippen LogP contribution in [0.4, 0.5) is 4.39 Å². The SMILES string of the molecule is Fc1ccc(I)cc1C12COCC1CON2. The molecule has 2 unspecified atom stereocenters. The number of nitrogens with one attached hydrogen (secondary N) is 1. The lowest BCUT2D eigenvalue weighted by molar-refractivity contribution is 0.0242. The predicted molar refractivity (Wildman–Crippen MR) is 64.2 cm³/mol. The predicted octanol–water partition coefficient (Wildman–Crippen LogP) is 1.81. The molecule has 2 atom stereocenters. The number of fused-ring (bicyclic) bond motifs is 1. The third-order valence-electron chi connectivity index (χ3n) is 3.29. The fraction of sp³-hybridized carbons (Fsp3) is 0.455. The van der Waals surface area contributed by atoms with Crippen LogP contribution in [-0.4, -0.2) is 19.8 Å². The Bertz CT molecular complexity index is 416. The van der Waals surface area contributed by atoms with Crippen molar-refractivity contribution in [2.45, 2.75) is 5.54 Å². The third-order valence-corrected chi connectivity index (χ3v) is 3.96. The topological polar surface area (TPSA) is 30.5 Å². The van der Waals surface area contributed by atoms with Gasteiger partial charge in [0, 0.05) is 15.1 Å². The molecule has 2 fully saturated rings. The molecule has 3 rings (SSSR count). The molecule has 3 nitrogen and oxygen atoms in total. The van der Waals surface area contributed by atoms with Gasteiger partial charge in [0.2, 0.25) is 0 Å². The van der Waals surface area contributed by atoms with Crippen molar-refractivity contribution in [1.29, 1.82) is 0 Å². The average molecular weight is 335 g/mol. The molecule has 2 aliphatic rings. The lowest BCUT2D eigenvalue weighted by atomic mass is 9.82. The summed E-state index contributed by atoms with van der Waals surface area (Å²) in [5.74, 6) is -0.00545. The molecule has 1 N–H and O–H groups in total. The highest BCUT2D eigenvalue weighted by Crippen LogP contribution is 2.40. The highest BCUT2D eigenvalue weighted by atomic mass is 127. The van der Waals surface area contributed by atoms with E-state index in [1.165, 1.54) is 6.07 Å². The zero-order valence-electron chi connectivity index (χ0n) is 8.50. The maximum absolute atomic E-state index is 13.9. The van der Waals surface area contributed by atoms with E-state index >= 15 is 0 Å². The van der Waals surface area contributed by atoms with Crippen molar-refractivity contribution in [3.8, 4) is 0 Å². The number of halogens is 2. The van der Waals surface area contributed by atoms with Crippen molar-refractivity contribution in [3.05, 3.63) is 33.1 Å². The first-order valence-corrected chi connectivity index (χ1v) is 6.22. The van der Waals surface area contributed by atoms with Gasteiger partial charge >= 0.3 is 0 Å². The Morgan fingerprint density at radius 2 is 2.31 bits per heavy atom. The van der Waals surface area contributed by atoms with Crippen LogP contribution < -0.4 is 5.48 Å². The smallest absolute Gasteiger partial charge is 0.128 e. The summed E-state index contributed by atoms with van der Waals surface area (Å²) in [6, 6.07) is 5.12. The molecule has 2 heterocycles. The molecule has 5 heteroatoms. The van der Waals surface area contributed by atoms with E-state index in [2.05, 4.69) is 28.1 Å². The van der Waals surface area contributed by atoms with Crippen molar-refractivity contribution in [1.82, 2.24) is 5.48 Å². The number of hydroxylamine groups is 1. The first kappa shape index (κ1) is 10.9. The molecule has 0 aromatic heterocycles. The summed E-state index contributed by atoms with van der Waals surface area (Å²) in [5.41, 5.74) is 3.11. The van der Waals surface area contributed by atoms with Crippen LogP contribution in [-0.2, 0) is 15.1 Å². The quantitative estimate of drug-likeness (QED) is 0.794. The van der Waals surface area contributed by atoms with Crippen LogP contribution in [0, 0.1) is 15.3 Å². The molecule has 0 bridgehead atoms. The second kappa shape index (κ2) is 3.90. The summed E-state index contributed by atoms with van der Waals surface area (Å²) in [4.78, 5) is 5.27. The minimum Gasteiger partial charge on any atom is -0.379 e. The normalized spacial score (nSPS) is 33.0. The lowest BCUT2D eigenvalue weighted by Crippen LogP contribution is -2.42. The summed E-state index contributed by atoms with van der Waals surface area (Å²) in [5, 5.41) is 0. The van der Waals surface area contributed by atoms with Crippen molar-refractivity contribution in [2.24, 2.45) is 5.92 Å². The maximum atomic E-state index is 13.9. The monoisotopic (exact) mass is 335 g/mol. The van der Waals surface area contributed by atoms with E-state index in [9.17, 15) is 4.39 Å². The number of hydrogen-bond donors (Lipinski definition) is 1. The highest BCUT2D eigenvalue weighted by molar-refractivity contribution is 14.1. The van der Waals surface area contributed by atoms with E-state index in [4.69, 9.17) is 9.57 Å². The van der Waals surface area contributed by atoms with Crippen LogP contribution in [0.3, 0.4) is 0 Å². The first-order valence-electron chi connectivity index (χ1n) is 5.14. The molecule has 2 aliphatic heterocycles. The van der Waals surface area contributed by atoms with Gasteiger partial charge in [-0.2, -0.15) is 5.48 Å². The van der Waals surface area contributed by atoms with Gasteiger partial charge in [-0.05, 0) is 40.8 Å². The standard InChI is InChI=1S/C11H11FINO2/c12-10-2-1-8(13)3-9(10)11-6-15-4-7(11)5-16-14-11/h1-3,7,14H,4-6H2. The zero-order valence-corrected chi connectivity index (χ0v) is 10.7. The van der Waals surface area contributed by atoms with Crippen LogP contribution in [0.15, 0.2) is 18.2 Å². The van der Waals surface area contributed by atoms with Gasteiger partial charge in [0.1, 0.15) is 11.4 Å². The fourth-order valence-electron chi connectivity index (χ4n) is 2.39. The van der Waals surface area contributed by atoms with Crippen molar-refractivity contribution in [3.63, 3.8) is 0 Å². The molecule has 0 aliphatic carbocycles.